The minimum absolute atomic E-state index is 0.954. The molecular weight excluding hydrogens is 156 g/mol. The van der Waals surface area contributed by atoms with E-state index in [4.69, 9.17) is 0 Å². The summed E-state index contributed by atoms with van der Waals surface area (Å²) < 4.78 is 3.79. The maximum absolute atomic E-state index is 3.96. The fourth-order valence-electron chi connectivity index (χ4n) is 0.899. The van der Waals surface area contributed by atoms with Gasteiger partial charge in [-0.25, -0.2) is 0 Å². The van der Waals surface area contributed by atoms with Gasteiger partial charge in [0.1, 0.15) is 4.52 Å². The third kappa shape index (κ3) is 1.33. The Kier molecular flexibility index (Phi) is 1.73. The molecule has 0 spiro atoms. The number of hydrogen-bond donors (Lipinski definition) is 0. The molecule has 2 rings (SSSR count). The predicted octanol–water partition coefficient (Wildman–Crippen LogP) is 2.43. The van der Waals surface area contributed by atoms with Crippen LogP contribution in [0.3, 0.4) is 0 Å². The van der Waals surface area contributed by atoms with Crippen LogP contribution in [0, 0.1) is 0 Å². The average Bonchev–Trinajstić information content (AvgIpc) is 2.58. The van der Waals surface area contributed by atoms with E-state index in [2.05, 4.69) is 9.63 Å². The summed E-state index contributed by atoms with van der Waals surface area (Å²) in [6.07, 6.45) is 0. The van der Waals surface area contributed by atoms with Crippen molar-refractivity contribution in [1.29, 1.82) is 0 Å². The summed E-state index contributed by atoms with van der Waals surface area (Å²) in [6, 6.07) is 10.0. The van der Waals surface area contributed by atoms with Crippen molar-refractivity contribution in [3.63, 3.8) is 0 Å². The molecule has 0 saturated heterocycles. The van der Waals surface area contributed by atoms with Gasteiger partial charge in [0.25, 0.3) is 0 Å². The van der Waals surface area contributed by atoms with Gasteiger partial charge in [-0.2, -0.15) is 0 Å². The second-order valence-electron chi connectivity index (χ2n) is 2.16. The van der Waals surface area contributed by atoms with Crippen LogP contribution in [0.5, 0.6) is 0 Å². The standard InChI is InChI=1S/C8H6N2S/c1-2-4-7(5-3-1)8-6-11-10-9-8/h1-6H/q+1. The Hall–Kier alpha value is -1.09. The highest BCUT2D eigenvalue weighted by atomic mass is 32.2. The molecular formula is C8H6N2S+. The lowest BCUT2D eigenvalue weighted by Crippen LogP contribution is -1.83. The molecule has 11 heavy (non-hydrogen) atoms. The molecule has 1 radical (unpaired) electrons. The molecule has 0 unspecified atom stereocenters. The Balaban J connectivity index is 2.37. The second-order valence-corrected chi connectivity index (χ2v) is 2.77. The van der Waals surface area contributed by atoms with Crippen LogP contribution < -0.4 is 5.11 Å². The van der Waals surface area contributed by atoms with E-state index in [-0.39, 0.29) is 0 Å². The van der Waals surface area contributed by atoms with Crippen LogP contribution in [-0.4, -0.2) is 0 Å². The van der Waals surface area contributed by atoms with E-state index in [1.807, 2.05) is 35.7 Å². The first-order chi connectivity index (χ1) is 5.47. The monoisotopic (exact) mass is 162 g/mol. The molecule has 0 aliphatic carbocycles. The van der Waals surface area contributed by atoms with Crippen LogP contribution in [0.25, 0.3) is 5.70 Å². The summed E-state index contributed by atoms with van der Waals surface area (Å²) >= 11 is 1.37. The molecule has 53 valence electrons. The fraction of sp³-hybridized carbons (Fsp3) is 0. The van der Waals surface area contributed by atoms with Gasteiger partial charge in [-0.3, -0.25) is 0 Å². The van der Waals surface area contributed by atoms with Crippen molar-refractivity contribution in [1.82, 2.24) is 5.11 Å². The Morgan fingerprint density at radius 3 is 2.64 bits per heavy atom. The van der Waals surface area contributed by atoms with Gasteiger partial charge in [0.15, 0.2) is 0 Å². The third-order valence-electron chi connectivity index (χ3n) is 1.43. The van der Waals surface area contributed by atoms with Crippen LogP contribution in [0.1, 0.15) is 5.56 Å². The van der Waals surface area contributed by atoms with Crippen molar-refractivity contribution in [2.75, 3.05) is 0 Å². The van der Waals surface area contributed by atoms with Gasteiger partial charge >= 0.3 is 5.70 Å². The van der Waals surface area contributed by atoms with E-state index in [1.54, 1.807) is 0 Å². The Morgan fingerprint density at radius 1 is 1.18 bits per heavy atom. The second kappa shape index (κ2) is 2.88. The molecule has 1 aromatic carbocycles. The summed E-state index contributed by atoms with van der Waals surface area (Å²) in [5.41, 5.74) is 2.08. The van der Waals surface area contributed by atoms with Crippen LogP contribution in [0.4, 0.5) is 0 Å². The summed E-state index contributed by atoms with van der Waals surface area (Å²) in [7, 11) is 0. The minimum Gasteiger partial charge on any atom is -0.0622 e. The lowest BCUT2D eigenvalue weighted by atomic mass is 10.2. The summed E-state index contributed by atoms with van der Waals surface area (Å²) in [5.74, 6) is 0. The first-order valence-corrected chi connectivity index (χ1v) is 4.13. The molecule has 0 N–H and O–H groups in total. The van der Waals surface area contributed by atoms with Gasteiger partial charge < -0.3 is 0 Å². The van der Waals surface area contributed by atoms with E-state index in [9.17, 15) is 0 Å². The highest BCUT2D eigenvalue weighted by Crippen LogP contribution is 2.21. The van der Waals surface area contributed by atoms with Gasteiger partial charge in [0, 0.05) is 0 Å². The highest BCUT2D eigenvalue weighted by Gasteiger charge is 2.17. The number of rotatable bonds is 1. The molecule has 1 aliphatic heterocycles. The van der Waals surface area contributed by atoms with E-state index in [0.29, 0.717) is 0 Å². The van der Waals surface area contributed by atoms with Crippen molar-refractivity contribution in [2.24, 2.45) is 4.52 Å². The molecule has 0 saturated carbocycles. The molecule has 0 aromatic heterocycles. The van der Waals surface area contributed by atoms with Gasteiger partial charge in [-0.15, -0.1) is 0 Å². The van der Waals surface area contributed by atoms with Gasteiger partial charge in [-0.05, 0) is 12.1 Å². The molecule has 0 bridgehead atoms. The maximum atomic E-state index is 3.96. The first-order valence-electron chi connectivity index (χ1n) is 3.29. The lowest BCUT2D eigenvalue weighted by Gasteiger charge is -1.85. The highest BCUT2D eigenvalue weighted by molar-refractivity contribution is 8.01. The Labute approximate surface area is 69.2 Å². The van der Waals surface area contributed by atoms with E-state index in [0.717, 1.165) is 11.3 Å². The Bertz CT molecular complexity index is 303. The van der Waals surface area contributed by atoms with Crippen LogP contribution in [-0.2, 0) is 0 Å². The summed E-state index contributed by atoms with van der Waals surface area (Å²) in [5, 5.41) is 5.89. The molecule has 1 heterocycles. The van der Waals surface area contributed by atoms with Gasteiger partial charge in [0.05, 0.1) is 22.9 Å². The smallest absolute Gasteiger partial charge is 0.0622 e. The van der Waals surface area contributed by atoms with Crippen molar-refractivity contribution >= 4 is 17.6 Å². The maximum Gasteiger partial charge on any atom is 0.328 e. The molecule has 0 fully saturated rings. The molecule has 2 nitrogen and oxygen atoms in total. The zero-order valence-electron chi connectivity index (χ0n) is 5.77. The van der Waals surface area contributed by atoms with Gasteiger partial charge in [-0.1, -0.05) is 18.2 Å². The molecule has 0 amide bonds. The van der Waals surface area contributed by atoms with Crippen molar-refractivity contribution in [3.8, 4) is 0 Å². The number of benzene rings is 1. The third-order valence-corrected chi connectivity index (χ3v) is 1.93. The van der Waals surface area contributed by atoms with E-state index in [1.165, 1.54) is 11.9 Å². The van der Waals surface area contributed by atoms with Crippen LogP contribution in [0.2, 0.25) is 0 Å². The number of nitrogens with zero attached hydrogens (tertiary/aromatic N) is 2. The molecule has 0 atom stereocenters. The zero-order valence-corrected chi connectivity index (χ0v) is 6.58. The lowest BCUT2D eigenvalue weighted by molar-refractivity contribution is 1.22. The van der Waals surface area contributed by atoms with Crippen molar-refractivity contribution in [3.05, 3.63) is 41.3 Å². The summed E-state index contributed by atoms with van der Waals surface area (Å²) in [6.45, 7) is 0. The topological polar surface area (TPSA) is 26.5 Å². The molecule has 1 aromatic rings. The zero-order chi connectivity index (χ0) is 7.52. The fourth-order valence-corrected chi connectivity index (χ4v) is 1.36. The predicted molar refractivity (Wildman–Crippen MR) is 46.6 cm³/mol. The molecule has 1 aliphatic rings. The molecule has 3 heteroatoms. The first kappa shape index (κ1) is 6.61. The van der Waals surface area contributed by atoms with E-state index >= 15 is 0 Å². The van der Waals surface area contributed by atoms with Gasteiger partial charge in [0.2, 0.25) is 5.11 Å². The largest absolute Gasteiger partial charge is 0.328 e. The SMILES string of the molecule is C1=C(c2ccccc2)[N+]=NS1. The normalized spacial score (nSPS) is 15.1. The average molecular weight is 162 g/mol. The number of hydrogen-bond acceptors (Lipinski definition) is 3. The Morgan fingerprint density at radius 2 is 2.00 bits per heavy atom. The summed E-state index contributed by atoms with van der Waals surface area (Å²) in [4.78, 5) is 0. The van der Waals surface area contributed by atoms with Crippen LogP contribution in [0.15, 0.2) is 40.3 Å². The van der Waals surface area contributed by atoms with E-state index < -0.39 is 0 Å². The van der Waals surface area contributed by atoms with Crippen molar-refractivity contribution in [2.45, 2.75) is 0 Å². The quantitative estimate of drug-likeness (QED) is 0.582. The minimum atomic E-state index is 0.954. The van der Waals surface area contributed by atoms with Crippen LogP contribution >= 0.6 is 11.9 Å². The van der Waals surface area contributed by atoms with Crippen molar-refractivity contribution < 1.29 is 0 Å².